The Balaban J connectivity index is 1.65. The van der Waals surface area contributed by atoms with Gasteiger partial charge in [0.1, 0.15) is 12.4 Å². The Kier molecular flexibility index (Phi) is 6.93. The number of hydrogen-bond acceptors (Lipinski definition) is 4. The lowest BCUT2D eigenvalue weighted by Crippen LogP contribution is -2.01. The molecule has 0 bridgehead atoms. The fourth-order valence-electron chi connectivity index (χ4n) is 2.79. The summed E-state index contributed by atoms with van der Waals surface area (Å²) in [4.78, 5) is 12.4. The van der Waals surface area contributed by atoms with Crippen molar-refractivity contribution in [1.29, 1.82) is 0 Å². The van der Waals surface area contributed by atoms with Crippen molar-refractivity contribution >= 4 is 23.5 Å². The van der Waals surface area contributed by atoms with Crippen molar-refractivity contribution < 1.29 is 19.4 Å². The summed E-state index contributed by atoms with van der Waals surface area (Å²) in [5, 5.41) is 10.3. The van der Waals surface area contributed by atoms with Crippen LogP contribution >= 0.6 is 11.6 Å². The zero-order valence-corrected chi connectivity index (χ0v) is 16.7. The van der Waals surface area contributed by atoms with E-state index in [2.05, 4.69) is 0 Å². The van der Waals surface area contributed by atoms with Crippen LogP contribution in [0.5, 0.6) is 17.2 Å². The molecule has 0 aliphatic carbocycles. The van der Waals surface area contributed by atoms with Gasteiger partial charge in [-0.15, -0.1) is 0 Å². The molecular formula is C24H21ClO4. The molecule has 3 aromatic carbocycles. The molecule has 0 fully saturated rings. The van der Waals surface area contributed by atoms with Crippen LogP contribution in [0.3, 0.4) is 0 Å². The molecule has 0 amide bonds. The van der Waals surface area contributed by atoms with E-state index in [9.17, 15) is 9.90 Å². The minimum absolute atomic E-state index is 0.0217. The first kappa shape index (κ1) is 20.5. The Labute approximate surface area is 175 Å². The highest BCUT2D eigenvalue weighted by molar-refractivity contribution is 6.33. The van der Waals surface area contributed by atoms with Crippen molar-refractivity contribution in [3.63, 3.8) is 0 Å². The van der Waals surface area contributed by atoms with Gasteiger partial charge in [0.2, 0.25) is 0 Å². The monoisotopic (exact) mass is 408 g/mol. The molecular weight excluding hydrogens is 388 g/mol. The number of rotatable bonds is 8. The molecule has 148 valence electrons. The maximum Gasteiger partial charge on any atom is 0.160 e. The smallest absolute Gasteiger partial charge is 0.160 e. The Morgan fingerprint density at radius 2 is 1.83 bits per heavy atom. The fraction of sp³-hybridized carbons (Fsp3) is 0.125. The summed E-state index contributed by atoms with van der Waals surface area (Å²) in [6, 6.07) is 20.1. The van der Waals surface area contributed by atoms with Crippen LogP contribution in [0.4, 0.5) is 0 Å². The molecule has 3 aromatic rings. The first-order valence-electron chi connectivity index (χ1n) is 9.09. The average molecular weight is 409 g/mol. The Hall–Kier alpha value is -3.24. The van der Waals surface area contributed by atoms with Gasteiger partial charge in [-0.05, 0) is 41.0 Å². The van der Waals surface area contributed by atoms with Gasteiger partial charge < -0.3 is 14.6 Å². The summed E-state index contributed by atoms with van der Waals surface area (Å²) in [6.07, 6.45) is 3.26. The molecule has 0 aliphatic heterocycles. The van der Waals surface area contributed by atoms with E-state index in [0.717, 1.165) is 5.56 Å². The average Bonchev–Trinajstić information content (AvgIpc) is 2.74. The van der Waals surface area contributed by atoms with E-state index in [-0.39, 0.29) is 18.0 Å². The number of hydrogen-bond donors (Lipinski definition) is 1. The zero-order valence-electron chi connectivity index (χ0n) is 16.0. The molecule has 5 heteroatoms. The van der Waals surface area contributed by atoms with E-state index in [1.165, 1.54) is 19.3 Å². The molecule has 0 heterocycles. The maximum atomic E-state index is 12.4. The Bertz CT molecular complexity index is 1010. The van der Waals surface area contributed by atoms with Crippen molar-refractivity contribution in [2.45, 2.75) is 13.0 Å². The molecule has 0 aliphatic rings. The Morgan fingerprint density at radius 3 is 2.55 bits per heavy atom. The summed E-state index contributed by atoms with van der Waals surface area (Å²) in [5.74, 6) is 0.841. The van der Waals surface area contributed by atoms with Crippen LogP contribution in [0.1, 0.15) is 16.7 Å². The highest BCUT2D eigenvalue weighted by Crippen LogP contribution is 2.30. The number of methoxy groups -OCH3 is 1. The van der Waals surface area contributed by atoms with Gasteiger partial charge in [0, 0.05) is 6.42 Å². The molecule has 29 heavy (non-hydrogen) atoms. The number of benzene rings is 3. The van der Waals surface area contributed by atoms with Crippen molar-refractivity contribution in [1.82, 2.24) is 0 Å². The summed E-state index contributed by atoms with van der Waals surface area (Å²) in [7, 11) is 1.48. The molecule has 0 saturated heterocycles. The summed E-state index contributed by atoms with van der Waals surface area (Å²) in [5.41, 5.74) is 2.43. The largest absolute Gasteiger partial charge is 0.504 e. The van der Waals surface area contributed by atoms with Crippen molar-refractivity contribution in [3.05, 3.63) is 94.5 Å². The number of halogens is 1. The summed E-state index contributed by atoms with van der Waals surface area (Å²) < 4.78 is 10.8. The van der Waals surface area contributed by atoms with Crippen LogP contribution < -0.4 is 9.47 Å². The predicted octanol–water partition coefficient (Wildman–Crippen LogP) is 5.46. The topological polar surface area (TPSA) is 55.8 Å². The first-order chi connectivity index (χ1) is 14.1. The highest BCUT2D eigenvalue weighted by atomic mass is 35.5. The van der Waals surface area contributed by atoms with Crippen molar-refractivity contribution in [2.24, 2.45) is 0 Å². The number of carbonyl (C=O) groups is 1. The van der Waals surface area contributed by atoms with Gasteiger partial charge in [-0.1, -0.05) is 66.2 Å². The normalized spacial score (nSPS) is 10.8. The minimum atomic E-state index is -0.109. The lowest BCUT2D eigenvalue weighted by atomic mass is 10.1. The lowest BCUT2D eigenvalue weighted by Gasteiger charge is -2.11. The van der Waals surface area contributed by atoms with E-state index >= 15 is 0 Å². The predicted molar refractivity (Wildman–Crippen MR) is 115 cm³/mol. The van der Waals surface area contributed by atoms with Crippen LogP contribution in [-0.4, -0.2) is 18.0 Å². The minimum Gasteiger partial charge on any atom is -0.504 e. The molecule has 3 rings (SSSR count). The SMILES string of the molecule is COc1ccc(/C=C/C(=O)Cc2cccc(OCc3ccccc3)c2Cl)cc1O. The number of phenols is 1. The molecule has 0 unspecified atom stereocenters. The molecule has 0 atom stereocenters. The van der Waals surface area contributed by atoms with E-state index < -0.39 is 0 Å². The van der Waals surface area contributed by atoms with Gasteiger partial charge in [0.05, 0.1) is 12.1 Å². The standard InChI is InChI=1S/C24H21ClO4/c1-28-22-13-11-17(14-21(22)27)10-12-20(26)15-19-8-5-9-23(24(19)25)29-16-18-6-3-2-4-7-18/h2-14,27H,15-16H2,1H3/b12-10+. The third-order valence-corrected chi connectivity index (χ3v) is 4.74. The second kappa shape index (κ2) is 9.80. The third-order valence-electron chi connectivity index (χ3n) is 4.31. The van der Waals surface area contributed by atoms with Crippen LogP contribution in [0.15, 0.2) is 72.8 Å². The van der Waals surface area contributed by atoms with Gasteiger partial charge in [0.15, 0.2) is 17.3 Å². The first-order valence-corrected chi connectivity index (χ1v) is 9.46. The van der Waals surface area contributed by atoms with Gasteiger partial charge >= 0.3 is 0 Å². The van der Waals surface area contributed by atoms with E-state index in [4.69, 9.17) is 21.1 Å². The number of allylic oxidation sites excluding steroid dienone is 1. The molecule has 4 nitrogen and oxygen atoms in total. The van der Waals surface area contributed by atoms with Gasteiger partial charge in [0.25, 0.3) is 0 Å². The van der Waals surface area contributed by atoms with Crippen molar-refractivity contribution in [2.75, 3.05) is 7.11 Å². The van der Waals surface area contributed by atoms with E-state index in [1.807, 2.05) is 42.5 Å². The maximum absolute atomic E-state index is 12.4. The second-order valence-electron chi connectivity index (χ2n) is 6.41. The quantitative estimate of drug-likeness (QED) is 0.503. The number of aromatic hydroxyl groups is 1. The third kappa shape index (κ3) is 5.62. The Morgan fingerprint density at radius 1 is 1.03 bits per heavy atom. The number of ether oxygens (including phenoxy) is 2. The summed E-state index contributed by atoms with van der Waals surface area (Å²) >= 11 is 6.44. The molecule has 0 saturated carbocycles. The van der Waals surface area contributed by atoms with E-state index in [1.54, 1.807) is 24.3 Å². The lowest BCUT2D eigenvalue weighted by molar-refractivity contribution is -0.113. The van der Waals surface area contributed by atoms with Gasteiger partial charge in [-0.3, -0.25) is 4.79 Å². The van der Waals surface area contributed by atoms with Crippen LogP contribution in [0.25, 0.3) is 6.08 Å². The molecule has 1 N–H and O–H groups in total. The highest BCUT2D eigenvalue weighted by Gasteiger charge is 2.10. The molecule has 0 aromatic heterocycles. The van der Waals surface area contributed by atoms with Crippen LogP contribution in [-0.2, 0) is 17.8 Å². The second-order valence-corrected chi connectivity index (χ2v) is 6.79. The number of ketones is 1. The number of carbonyl (C=O) groups excluding carboxylic acids is 1. The molecule has 0 spiro atoms. The zero-order chi connectivity index (χ0) is 20.6. The van der Waals surface area contributed by atoms with Gasteiger partial charge in [-0.2, -0.15) is 0 Å². The summed E-state index contributed by atoms with van der Waals surface area (Å²) in [6.45, 7) is 0.402. The van der Waals surface area contributed by atoms with Crippen LogP contribution in [0.2, 0.25) is 5.02 Å². The molecule has 0 radical (unpaired) electrons. The van der Waals surface area contributed by atoms with Crippen LogP contribution in [0, 0.1) is 0 Å². The van der Waals surface area contributed by atoms with E-state index in [0.29, 0.717) is 34.3 Å². The van der Waals surface area contributed by atoms with Gasteiger partial charge in [-0.25, -0.2) is 0 Å². The number of phenolic OH excluding ortho intramolecular Hbond substituents is 1. The van der Waals surface area contributed by atoms with Crippen molar-refractivity contribution in [3.8, 4) is 17.2 Å². The fourth-order valence-corrected chi connectivity index (χ4v) is 3.03.